The molecule has 0 aromatic heterocycles. The van der Waals surface area contributed by atoms with E-state index in [9.17, 15) is 8.42 Å². The van der Waals surface area contributed by atoms with E-state index >= 15 is 0 Å². The lowest BCUT2D eigenvalue weighted by Gasteiger charge is -2.28. The second kappa shape index (κ2) is 7.31. The van der Waals surface area contributed by atoms with Crippen LogP contribution in [0.5, 0.6) is 0 Å². The van der Waals surface area contributed by atoms with Gasteiger partial charge in [0.2, 0.25) is 10.0 Å². The number of ether oxygens (including phenoxy) is 1. The minimum Gasteiger partial charge on any atom is -0.388 e. The fraction of sp³-hybridized carbons (Fsp3) is 0.381. The van der Waals surface area contributed by atoms with Crippen LogP contribution in [0.15, 0.2) is 64.6 Å². The van der Waals surface area contributed by atoms with E-state index in [1.807, 2.05) is 51.1 Å². The zero-order valence-corrected chi connectivity index (χ0v) is 17.0. The van der Waals surface area contributed by atoms with Gasteiger partial charge in [-0.2, -0.15) is 4.31 Å². The van der Waals surface area contributed by atoms with Gasteiger partial charge in [-0.05, 0) is 38.5 Å². The number of sulfonamides is 1. The maximum Gasteiger partial charge on any atom is 0.245 e. The highest BCUT2D eigenvalue weighted by atomic mass is 32.2. The summed E-state index contributed by atoms with van der Waals surface area (Å²) in [5.41, 5.74) is 2.78. The minimum atomic E-state index is -3.77. The average molecular weight is 401 g/mol. The quantitative estimate of drug-likeness (QED) is 0.786. The molecule has 0 amide bonds. The Morgan fingerprint density at radius 2 is 1.71 bits per heavy atom. The number of oxime groups is 1. The molecule has 1 saturated heterocycles. The SMILES string of the molecule is CC1=NO[C@@H]([C@H]2O[C@@H](c3ccccc3)[C@@H](C)N2S(=O)(=O)c2ccc(C)cc2)C1. The van der Waals surface area contributed by atoms with E-state index in [0.717, 1.165) is 16.8 Å². The fourth-order valence-corrected chi connectivity index (χ4v) is 5.54. The summed E-state index contributed by atoms with van der Waals surface area (Å²) in [4.78, 5) is 5.77. The molecule has 4 atom stereocenters. The second-order valence-electron chi connectivity index (χ2n) is 7.42. The van der Waals surface area contributed by atoms with Crippen molar-refractivity contribution in [2.24, 2.45) is 5.16 Å². The molecular weight excluding hydrogens is 376 g/mol. The molecule has 0 spiro atoms. The van der Waals surface area contributed by atoms with Crippen LogP contribution in [-0.2, 0) is 19.6 Å². The van der Waals surface area contributed by atoms with Crippen LogP contribution in [0.1, 0.15) is 37.5 Å². The number of nitrogens with zero attached hydrogens (tertiary/aromatic N) is 2. The van der Waals surface area contributed by atoms with Gasteiger partial charge in [0.15, 0.2) is 12.3 Å². The first kappa shape index (κ1) is 19.1. The first-order valence-electron chi connectivity index (χ1n) is 9.38. The number of rotatable bonds is 4. The van der Waals surface area contributed by atoms with Crippen molar-refractivity contribution >= 4 is 15.7 Å². The predicted octanol–water partition coefficient (Wildman–Crippen LogP) is 3.64. The average Bonchev–Trinajstić information content (AvgIpc) is 3.26. The van der Waals surface area contributed by atoms with Gasteiger partial charge in [-0.15, -0.1) is 0 Å². The van der Waals surface area contributed by atoms with Crippen LogP contribution in [0, 0.1) is 6.92 Å². The summed E-state index contributed by atoms with van der Waals surface area (Å²) < 4.78 is 34.8. The first-order valence-corrected chi connectivity index (χ1v) is 10.8. The molecule has 2 aliphatic heterocycles. The summed E-state index contributed by atoms with van der Waals surface area (Å²) in [5.74, 6) is 0. The molecule has 0 bridgehead atoms. The van der Waals surface area contributed by atoms with E-state index < -0.39 is 22.4 Å². The van der Waals surface area contributed by atoms with E-state index in [1.165, 1.54) is 4.31 Å². The Morgan fingerprint density at radius 3 is 2.32 bits per heavy atom. The molecule has 4 rings (SSSR count). The molecule has 1 fully saturated rings. The Bertz CT molecular complexity index is 973. The van der Waals surface area contributed by atoms with E-state index in [0.29, 0.717) is 6.42 Å². The minimum absolute atomic E-state index is 0.253. The molecule has 2 heterocycles. The lowest BCUT2D eigenvalue weighted by molar-refractivity contribution is -0.0805. The summed E-state index contributed by atoms with van der Waals surface area (Å²) in [6.45, 7) is 5.68. The van der Waals surface area contributed by atoms with Crippen LogP contribution in [0.3, 0.4) is 0 Å². The van der Waals surface area contributed by atoms with Crippen LogP contribution in [0.25, 0.3) is 0 Å². The standard InChI is InChI=1S/C21H24N2O4S/c1-14-9-11-18(12-10-14)28(24,25)23-16(3)20(17-7-5-4-6-8-17)26-21(23)19-13-15(2)22-27-19/h4-12,16,19-21H,13H2,1-3H3/t16-,19-,20-,21-/m1/s1. The summed E-state index contributed by atoms with van der Waals surface area (Å²) >= 11 is 0. The first-order chi connectivity index (χ1) is 13.4. The molecular formula is C21H24N2O4S. The third-order valence-corrected chi connectivity index (χ3v) is 7.22. The Labute approximate surface area is 165 Å². The van der Waals surface area contributed by atoms with Crippen molar-refractivity contribution in [1.82, 2.24) is 4.31 Å². The zero-order chi connectivity index (χ0) is 19.9. The van der Waals surface area contributed by atoms with E-state index in [4.69, 9.17) is 9.57 Å². The molecule has 2 aromatic carbocycles. The van der Waals surface area contributed by atoms with Gasteiger partial charge in [0, 0.05) is 6.42 Å². The molecule has 7 heteroatoms. The highest BCUT2D eigenvalue weighted by Crippen LogP contribution is 2.41. The number of benzene rings is 2. The van der Waals surface area contributed by atoms with Crippen molar-refractivity contribution in [1.29, 1.82) is 0 Å². The maximum atomic E-state index is 13.5. The van der Waals surface area contributed by atoms with Gasteiger partial charge in [-0.3, -0.25) is 0 Å². The molecule has 28 heavy (non-hydrogen) atoms. The van der Waals surface area contributed by atoms with E-state index in [-0.39, 0.29) is 17.0 Å². The van der Waals surface area contributed by atoms with Gasteiger partial charge in [0.05, 0.1) is 16.6 Å². The number of hydrogen-bond acceptors (Lipinski definition) is 5. The van der Waals surface area contributed by atoms with E-state index in [1.54, 1.807) is 24.3 Å². The third-order valence-electron chi connectivity index (χ3n) is 5.26. The molecule has 0 unspecified atom stereocenters. The largest absolute Gasteiger partial charge is 0.388 e. The van der Waals surface area contributed by atoms with Crippen molar-refractivity contribution in [3.8, 4) is 0 Å². The zero-order valence-electron chi connectivity index (χ0n) is 16.1. The van der Waals surface area contributed by atoms with Gasteiger partial charge in [0.1, 0.15) is 6.10 Å². The number of aryl methyl sites for hydroxylation is 1. The van der Waals surface area contributed by atoms with Gasteiger partial charge in [0.25, 0.3) is 0 Å². The van der Waals surface area contributed by atoms with Gasteiger partial charge in [-0.1, -0.05) is 53.2 Å². The molecule has 2 aliphatic rings. The van der Waals surface area contributed by atoms with Crippen molar-refractivity contribution in [3.05, 3.63) is 65.7 Å². The highest BCUT2D eigenvalue weighted by molar-refractivity contribution is 7.89. The van der Waals surface area contributed by atoms with Crippen molar-refractivity contribution < 1.29 is 18.0 Å². The lowest BCUT2D eigenvalue weighted by atomic mass is 10.0. The molecule has 0 radical (unpaired) electrons. The smallest absolute Gasteiger partial charge is 0.245 e. The molecule has 0 saturated carbocycles. The topological polar surface area (TPSA) is 68.2 Å². The molecule has 2 aromatic rings. The van der Waals surface area contributed by atoms with Crippen molar-refractivity contribution in [3.63, 3.8) is 0 Å². The van der Waals surface area contributed by atoms with E-state index in [2.05, 4.69) is 5.16 Å². The van der Waals surface area contributed by atoms with Gasteiger partial charge >= 0.3 is 0 Å². The molecule has 6 nitrogen and oxygen atoms in total. The third kappa shape index (κ3) is 3.34. The molecule has 0 N–H and O–H groups in total. The Morgan fingerprint density at radius 1 is 1.04 bits per heavy atom. The van der Waals surface area contributed by atoms with Crippen molar-refractivity contribution in [2.75, 3.05) is 0 Å². The highest BCUT2D eigenvalue weighted by Gasteiger charge is 2.52. The van der Waals surface area contributed by atoms with Crippen LogP contribution in [0.4, 0.5) is 0 Å². The van der Waals surface area contributed by atoms with Gasteiger partial charge in [-0.25, -0.2) is 8.42 Å². The lowest BCUT2D eigenvalue weighted by Crippen LogP contribution is -2.46. The predicted molar refractivity (Wildman–Crippen MR) is 106 cm³/mol. The normalized spacial score (nSPS) is 28.2. The Hall–Kier alpha value is -2.22. The fourth-order valence-electron chi connectivity index (χ4n) is 3.80. The maximum absolute atomic E-state index is 13.5. The Balaban J connectivity index is 1.73. The van der Waals surface area contributed by atoms with Gasteiger partial charge < -0.3 is 9.57 Å². The van der Waals surface area contributed by atoms with Crippen molar-refractivity contribution in [2.45, 2.75) is 56.6 Å². The summed E-state index contributed by atoms with van der Waals surface area (Å²) in [5, 5.41) is 4.00. The number of hydrogen-bond donors (Lipinski definition) is 0. The monoisotopic (exact) mass is 400 g/mol. The summed E-state index contributed by atoms with van der Waals surface area (Å²) in [7, 11) is -3.77. The molecule has 0 aliphatic carbocycles. The summed E-state index contributed by atoms with van der Waals surface area (Å²) in [6, 6.07) is 16.2. The molecule has 148 valence electrons. The van der Waals surface area contributed by atoms with Crippen LogP contribution >= 0.6 is 0 Å². The van der Waals surface area contributed by atoms with Crippen LogP contribution < -0.4 is 0 Å². The second-order valence-corrected chi connectivity index (χ2v) is 9.26. The summed E-state index contributed by atoms with van der Waals surface area (Å²) in [6.07, 6.45) is -1.04. The Kier molecular flexibility index (Phi) is 4.99. The van der Waals surface area contributed by atoms with Crippen LogP contribution in [-0.4, -0.2) is 36.8 Å². The van der Waals surface area contributed by atoms with Crippen LogP contribution in [0.2, 0.25) is 0 Å².